The van der Waals surface area contributed by atoms with Crippen LogP contribution in [0.2, 0.25) is 0 Å². The molecule has 7 nitrogen and oxygen atoms in total. The van der Waals surface area contributed by atoms with Gasteiger partial charge in [0.15, 0.2) is 5.82 Å². The van der Waals surface area contributed by atoms with E-state index in [0.717, 1.165) is 18.5 Å². The topological polar surface area (TPSA) is 80.1 Å². The Hall–Kier alpha value is -2.70. The molecule has 7 heteroatoms. The Balaban J connectivity index is 1.80. The van der Waals surface area contributed by atoms with Gasteiger partial charge in [0.25, 0.3) is 5.91 Å². The zero-order chi connectivity index (χ0) is 17.1. The van der Waals surface area contributed by atoms with Gasteiger partial charge < -0.3 is 14.8 Å². The van der Waals surface area contributed by atoms with Crippen LogP contribution >= 0.6 is 0 Å². The maximum absolute atomic E-state index is 12.8. The van der Waals surface area contributed by atoms with Crippen LogP contribution in [0.4, 0.5) is 0 Å². The highest BCUT2D eigenvalue weighted by atomic mass is 16.2. The molecule has 1 N–H and O–H groups in total. The van der Waals surface area contributed by atoms with Crippen molar-refractivity contribution in [3.8, 4) is 0 Å². The van der Waals surface area contributed by atoms with Gasteiger partial charge in [0, 0.05) is 32.9 Å². The van der Waals surface area contributed by atoms with E-state index in [1.54, 1.807) is 12.3 Å². The third-order valence-electron chi connectivity index (χ3n) is 4.22. The molecule has 126 valence electrons. The average Bonchev–Trinajstić information content (AvgIpc) is 3.21. The lowest BCUT2D eigenvalue weighted by atomic mass is 10.2. The molecule has 3 heterocycles. The Labute approximate surface area is 140 Å². The van der Waals surface area contributed by atoms with Crippen molar-refractivity contribution >= 4 is 11.8 Å². The molecule has 0 radical (unpaired) electrons. The fourth-order valence-electron chi connectivity index (χ4n) is 3.00. The molecule has 24 heavy (non-hydrogen) atoms. The van der Waals surface area contributed by atoms with E-state index in [4.69, 9.17) is 0 Å². The van der Waals surface area contributed by atoms with E-state index in [0.29, 0.717) is 24.6 Å². The molecule has 0 spiro atoms. The van der Waals surface area contributed by atoms with Gasteiger partial charge in [0.1, 0.15) is 5.69 Å². The summed E-state index contributed by atoms with van der Waals surface area (Å²) in [4.78, 5) is 34.6. The van der Waals surface area contributed by atoms with Crippen LogP contribution in [0.5, 0.6) is 0 Å². The zero-order valence-electron chi connectivity index (χ0n) is 13.9. The first-order valence-electron chi connectivity index (χ1n) is 8.05. The lowest BCUT2D eigenvalue weighted by molar-refractivity contribution is -0.119. The third-order valence-corrected chi connectivity index (χ3v) is 4.22. The third kappa shape index (κ3) is 3.29. The molecule has 2 amide bonds. The lowest BCUT2D eigenvalue weighted by Gasteiger charge is -2.24. The number of likely N-dealkylation sites (tertiary alicyclic amines) is 1. The van der Waals surface area contributed by atoms with Crippen LogP contribution in [-0.4, -0.2) is 37.8 Å². The molecule has 3 rings (SSSR count). The number of aryl methyl sites for hydroxylation is 1. The summed E-state index contributed by atoms with van der Waals surface area (Å²) < 4.78 is 1.83. The summed E-state index contributed by atoms with van der Waals surface area (Å²) in [5.41, 5.74) is 1.41. The molecule has 0 saturated carbocycles. The van der Waals surface area contributed by atoms with E-state index in [1.807, 2.05) is 34.8 Å². The number of hydrogen-bond donors (Lipinski definition) is 1. The van der Waals surface area contributed by atoms with E-state index >= 15 is 0 Å². The van der Waals surface area contributed by atoms with Crippen LogP contribution in [0.3, 0.4) is 0 Å². The Kier molecular flexibility index (Phi) is 4.59. The minimum absolute atomic E-state index is 0.000800. The van der Waals surface area contributed by atoms with Crippen molar-refractivity contribution in [2.75, 3.05) is 6.54 Å². The van der Waals surface area contributed by atoms with Crippen molar-refractivity contribution in [3.05, 3.63) is 47.8 Å². The number of aromatic nitrogens is 3. The summed E-state index contributed by atoms with van der Waals surface area (Å²) in [6.07, 6.45) is 5.33. The summed E-state index contributed by atoms with van der Waals surface area (Å²) in [7, 11) is 1.86. The van der Waals surface area contributed by atoms with Crippen LogP contribution < -0.4 is 5.32 Å². The number of nitrogens with one attached hydrogen (secondary N) is 1. The van der Waals surface area contributed by atoms with Crippen LogP contribution in [-0.2, 0) is 18.4 Å². The van der Waals surface area contributed by atoms with Crippen LogP contribution in [0.1, 0.15) is 47.8 Å². The molecule has 0 aliphatic carbocycles. The quantitative estimate of drug-likeness (QED) is 0.921. The smallest absolute Gasteiger partial charge is 0.271 e. The predicted molar refractivity (Wildman–Crippen MR) is 88.0 cm³/mol. The zero-order valence-corrected chi connectivity index (χ0v) is 13.9. The number of carbonyl (C=O) groups is 2. The number of amides is 2. The highest BCUT2D eigenvalue weighted by Gasteiger charge is 2.33. The van der Waals surface area contributed by atoms with Crippen molar-refractivity contribution in [2.45, 2.75) is 32.4 Å². The second-order valence-corrected chi connectivity index (χ2v) is 5.98. The van der Waals surface area contributed by atoms with Gasteiger partial charge in [-0.3, -0.25) is 9.59 Å². The molecule has 0 unspecified atom stereocenters. The first kappa shape index (κ1) is 16.2. The predicted octanol–water partition coefficient (Wildman–Crippen LogP) is 1.43. The fraction of sp³-hybridized carbons (Fsp3) is 0.412. The summed E-state index contributed by atoms with van der Waals surface area (Å²) in [5, 5.41) is 2.73. The Bertz CT molecular complexity index is 755. The van der Waals surface area contributed by atoms with Gasteiger partial charge in [-0.1, -0.05) is 0 Å². The Morgan fingerprint density at radius 1 is 1.38 bits per heavy atom. The second kappa shape index (κ2) is 6.82. The molecule has 1 aliphatic heterocycles. The van der Waals surface area contributed by atoms with Gasteiger partial charge in [-0.2, -0.15) is 0 Å². The van der Waals surface area contributed by atoms with Crippen LogP contribution in [0, 0.1) is 0 Å². The Morgan fingerprint density at radius 2 is 2.21 bits per heavy atom. The SMILES string of the molecule is CC(=O)NCc1ccnc([C@H]2CCCN2C(=O)c2cccn2C)n1. The molecule has 1 aliphatic rings. The van der Waals surface area contributed by atoms with Crippen LogP contribution in [0.25, 0.3) is 0 Å². The van der Waals surface area contributed by atoms with Crippen molar-refractivity contribution in [2.24, 2.45) is 7.05 Å². The van der Waals surface area contributed by atoms with Crippen molar-refractivity contribution in [3.63, 3.8) is 0 Å². The van der Waals surface area contributed by atoms with E-state index in [-0.39, 0.29) is 17.9 Å². The number of rotatable bonds is 4. The highest BCUT2D eigenvalue weighted by molar-refractivity contribution is 5.93. The second-order valence-electron chi connectivity index (χ2n) is 5.98. The van der Waals surface area contributed by atoms with Gasteiger partial charge in [-0.15, -0.1) is 0 Å². The van der Waals surface area contributed by atoms with Gasteiger partial charge in [0.05, 0.1) is 18.3 Å². The van der Waals surface area contributed by atoms with E-state index in [1.165, 1.54) is 6.92 Å². The first-order valence-corrected chi connectivity index (χ1v) is 8.05. The van der Waals surface area contributed by atoms with Gasteiger partial charge in [-0.25, -0.2) is 9.97 Å². The van der Waals surface area contributed by atoms with Gasteiger partial charge >= 0.3 is 0 Å². The number of nitrogens with zero attached hydrogens (tertiary/aromatic N) is 4. The standard InChI is InChI=1S/C17H21N5O2/c1-12(23)19-11-13-7-8-18-16(20-13)14-5-4-10-22(14)17(24)15-6-3-9-21(15)2/h3,6-9,14H,4-5,10-11H2,1-2H3,(H,19,23)/t14-/m1/s1. The van der Waals surface area contributed by atoms with E-state index < -0.39 is 0 Å². The highest BCUT2D eigenvalue weighted by Crippen LogP contribution is 2.31. The number of hydrogen-bond acceptors (Lipinski definition) is 4. The minimum Gasteiger partial charge on any atom is -0.351 e. The molecule has 1 fully saturated rings. The monoisotopic (exact) mass is 327 g/mol. The maximum Gasteiger partial charge on any atom is 0.271 e. The molecule has 0 bridgehead atoms. The minimum atomic E-state index is -0.121. The number of carbonyl (C=O) groups excluding carboxylic acids is 2. The van der Waals surface area contributed by atoms with Gasteiger partial charge in [0.2, 0.25) is 5.91 Å². The average molecular weight is 327 g/mol. The molecule has 0 aromatic carbocycles. The summed E-state index contributed by atoms with van der Waals surface area (Å²) in [6.45, 7) is 2.54. The normalized spacial score (nSPS) is 17.1. The van der Waals surface area contributed by atoms with Crippen LogP contribution in [0.15, 0.2) is 30.6 Å². The molecule has 1 saturated heterocycles. The summed E-state index contributed by atoms with van der Waals surface area (Å²) >= 11 is 0. The molecular formula is C17H21N5O2. The fourth-order valence-corrected chi connectivity index (χ4v) is 3.00. The molecule has 2 aromatic heterocycles. The summed E-state index contributed by atoms with van der Waals surface area (Å²) in [5.74, 6) is 0.537. The summed E-state index contributed by atoms with van der Waals surface area (Å²) in [6, 6.07) is 5.34. The maximum atomic E-state index is 12.8. The lowest BCUT2D eigenvalue weighted by Crippen LogP contribution is -2.32. The first-order chi connectivity index (χ1) is 11.6. The van der Waals surface area contributed by atoms with Crippen molar-refractivity contribution in [1.29, 1.82) is 0 Å². The Morgan fingerprint density at radius 3 is 2.92 bits per heavy atom. The van der Waals surface area contributed by atoms with Crippen molar-refractivity contribution < 1.29 is 9.59 Å². The molecule has 2 aromatic rings. The van der Waals surface area contributed by atoms with E-state index in [9.17, 15) is 9.59 Å². The molecular weight excluding hydrogens is 306 g/mol. The molecule has 1 atom stereocenters. The van der Waals surface area contributed by atoms with Gasteiger partial charge in [-0.05, 0) is 31.0 Å². The largest absolute Gasteiger partial charge is 0.351 e. The van der Waals surface area contributed by atoms with Crippen molar-refractivity contribution in [1.82, 2.24) is 24.8 Å². The van der Waals surface area contributed by atoms with E-state index in [2.05, 4.69) is 15.3 Å².